The molecule has 0 radical (unpaired) electrons. The van der Waals surface area contributed by atoms with E-state index >= 15 is 0 Å². The lowest BCUT2D eigenvalue weighted by Crippen LogP contribution is -2.01. The first kappa shape index (κ1) is 76.3. The number of aromatic carboxylic acids is 3. The Morgan fingerprint density at radius 1 is 0.378 bits per heavy atom. The van der Waals surface area contributed by atoms with Crippen LogP contribution in [-0.2, 0) is 0 Å². The maximum Gasteiger partial charge on any atom is 0.369 e. The smallest absolute Gasteiger partial charge is 0.369 e. The Balaban J connectivity index is 0. The van der Waals surface area contributed by atoms with Gasteiger partial charge >= 0.3 is 21.1 Å². The number of methoxy groups -OCH3 is 5. The molecule has 0 bridgehead atoms. The van der Waals surface area contributed by atoms with E-state index in [4.69, 9.17) is 143 Å². The van der Waals surface area contributed by atoms with Gasteiger partial charge in [-0.15, -0.1) is 47.3 Å². The van der Waals surface area contributed by atoms with Gasteiger partial charge in [0, 0.05) is 19.6 Å². The first-order valence-electron chi connectivity index (χ1n) is 20.8. The van der Waals surface area contributed by atoms with E-state index in [1.165, 1.54) is 90.1 Å². The molecule has 0 saturated carbocycles. The molecule has 0 aliphatic heterocycles. The number of carbonyl (C=O) groups excluding carboxylic acids is 4. The second kappa shape index (κ2) is 42.1. The van der Waals surface area contributed by atoms with Crippen LogP contribution in [0.2, 0.25) is 46.4 Å². The summed E-state index contributed by atoms with van der Waals surface area (Å²) in [5.41, 5.74) is 1.42. The first-order chi connectivity index (χ1) is 38.7. The molecule has 0 aliphatic rings. The van der Waals surface area contributed by atoms with Crippen molar-refractivity contribution in [2.45, 2.75) is 0 Å². The number of ether oxygens (including phenoxy) is 5. The van der Waals surface area contributed by atoms with E-state index in [1.807, 2.05) is 0 Å². The highest BCUT2D eigenvalue weighted by atomic mass is 79.9. The van der Waals surface area contributed by atoms with Crippen molar-refractivity contribution in [3.8, 4) is 29.4 Å². The third-order valence-corrected chi connectivity index (χ3v) is 10.4. The SMILES string of the molecule is BrB(Br)Br.COc1ccc(C(=O)O)c(Cl)n1.COc1ccc(C=O)c(Cl)n1.COc1ccc(C=O)c(Cl)n1.COc1nc(Cl)ccc1C(=O)O.COc1nc(Cl)ccc1C=O.O=C(O)c1ccc(Cl)nc1Cl.O=Cc1ccc(Cl)nc1Cl.[2HH]. The van der Waals surface area contributed by atoms with E-state index in [2.05, 4.69) is 82.2 Å². The molecule has 22 nitrogen and oxygen atoms in total. The number of pyridine rings is 7. The van der Waals surface area contributed by atoms with Crippen molar-refractivity contribution in [1.82, 2.24) is 34.9 Å². The molecular weight excluding hydrogens is 1470 g/mol. The lowest BCUT2D eigenvalue weighted by Gasteiger charge is -2.02. The molecular formula is C47H38BBr3Cl9N7O15. The van der Waals surface area contributed by atoms with Crippen molar-refractivity contribution < 1.29 is 74.0 Å². The summed E-state index contributed by atoms with van der Waals surface area (Å²) in [7, 11) is 7.17. The van der Waals surface area contributed by atoms with Gasteiger partial charge in [0.1, 0.15) is 51.9 Å². The summed E-state index contributed by atoms with van der Waals surface area (Å²) in [6.45, 7) is 0. The fourth-order valence-corrected chi connectivity index (χ4v) is 6.15. The van der Waals surface area contributed by atoms with Crippen molar-refractivity contribution in [3.05, 3.63) is 170 Å². The highest BCUT2D eigenvalue weighted by Crippen LogP contribution is 2.21. The normalized spacial score (nSPS) is 9.28. The van der Waals surface area contributed by atoms with Gasteiger partial charge in [0.2, 0.25) is 29.4 Å². The Bertz CT molecular complexity index is 3210. The Morgan fingerprint density at radius 2 is 0.634 bits per heavy atom. The fourth-order valence-electron chi connectivity index (χ4n) is 4.45. The fraction of sp³-hybridized carbons (Fsp3) is 0.106. The van der Waals surface area contributed by atoms with Gasteiger partial charge in [-0.1, -0.05) is 104 Å². The second-order valence-corrected chi connectivity index (χ2v) is 23.0. The van der Waals surface area contributed by atoms with E-state index < -0.39 is 17.9 Å². The number of carboxylic acids is 3. The molecule has 7 aromatic heterocycles. The van der Waals surface area contributed by atoms with Gasteiger partial charge < -0.3 is 39.0 Å². The highest BCUT2D eigenvalue weighted by Gasteiger charge is 2.13. The lowest BCUT2D eigenvalue weighted by atomic mass is 10.3. The summed E-state index contributed by atoms with van der Waals surface area (Å²) in [6.07, 6.45) is 2.59. The first-order valence-corrected chi connectivity index (χ1v) is 27.0. The number of nitrogens with zero attached hydrogens (tertiary/aromatic N) is 7. The molecule has 0 saturated heterocycles. The zero-order chi connectivity index (χ0) is 62.6. The van der Waals surface area contributed by atoms with Crippen LogP contribution in [-0.4, -0.2) is 132 Å². The molecule has 0 atom stereocenters. The standard InChI is InChI=1S/2C7H6ClNO3.3C7H6ClNO2.C6H3Cl2NO2.C6H3Cl2NO.BBr3.H2/c1-12-5-3-2-4(7(10)11)6(8)9-5;1-12-6-4(7(10)11)2-3-5(8)9-6;2*1-11-6-3-2-5(4-10)7(8)9-6;1-11-7-5(4-10)2-3-6(8)9-7;7-4-2-1-3(6(10)11)5(8)9-4;7-5-2-1-4(3-10)6(8)9-5;2-1(3)4;/h2*2-3H,1H3,(H,10,11);3*2-4H,1H3;1-2H,(H,10,11);1-3H;;1H/i;;;;;;;;1+1. The molecule has 3 N–H and O–H groups in total. The number of rotatable bonds is 12. The predicted molar refractivity (Wildman–Crippen MR) is 325 cm³/mol. The Hall–Kier alpha value is -5.75. The minimum Gasteiger partial charge on any atom is -0.481 e. The van der Waals surface area contributed by atoms with E-state index in [1.54, 1.807) is 30.3 Å². The van der Waals surface area contributed by atoms with Crippen LogP contribution in [0.15, 0.2) is 84.9 Å². The van der Waals surface area contributed by atoms with E-state index in [9.17, 15) is 33.6 Å². The number of hydrogen-bond donors (Lipinski definition) is 3. The van der Waals surface area contributed by atoms with Gasteiger partial charge in [0.05, 0.1) is 68.9 Å². The summed E-state index contributed by atoms with van der Waals surface area (Å²) in [5, 5.41) is 27.0. The van der Waals surface area contributed by atoms with Crippen LogP contribution < -0.4 is 23.7 Å². The Kier molecular flexibility index (Phi) is 39.2. The summed E-state index contributed by atoms with van der Waals surface area (Å²) < 4.78 is 24.1. The molecule has 82 heavy (non-hydrogen) atoms. The molecule has 0 amide bonds. The minimum atomic E-state index is -1.11. The van der Waals surface area contributed by atoms with Crippen molar-refractivity contribution >= 4 is 198 Å². The van der Waals surface area contributed by atoms with Crippen LogP contribution in [0.4, 0.5) is 0 Å². The topological polar surface area (TPSA) is 317 Å². The van der Waals surface area contributed by atoms with Gasteiger partial charge in [-0.05, 0) is 66.7 Å². The quantitative estimate of drug-likeness (QED) is 0.0581. The number of aldehydes is 4. The average molecular weight is 1510 g/mol. The van der Waals surface area contributed by atoms with Crippen LogP contribution in [0, 0.1) is 0 Å². The number of aromatic nitrogens is 7. The van der Waals surface area contributed by atoms with Crippen molar-refractivity contribution in [1.29, 1.82) is 0 Å². The van der Waals surface area contributed by atoms with Crippen LogP contribution in [0.1, 0.15) is 73.9 Å². The largest absolute Gasteiger partial charge is 0.481 e. The molecule has 7 rings (SSSR count). The molecule has 0 aromatic carbocycles. The van der Waals surface area contributed by atoms with E-state index in [0.717, 1.165) is 0 Å². The third kappa shape index (κ3) is 30.0. The summed E-state index contributed by atoms with van der Waals surface area (Å²) in [5.74, 6) is -1.92. The Labute approximate surface area is 537 Å². The number of carbonyl (C=O) groups is 7. The number of halogens is 12. The van der Waals surface area contributed by atoms with Crippen molar-refractivity contribution in [3.63, 3.8) is 0 Å². The third-order valence-electron chi connectivity index (χ3n) is 8.08. The number of hydrogen-bond acceptors (Lipinski definition) is 19. The monoisotopic (exact) mass is 1500 g/mol. The molecule has 7 aromatic rings. The zero-order valence-electron chi connectivity index (χ0n) is 41.9. The van der Waals surface area contributed by atoms with Gasteiger partial charge in [0.15, 0.2) is 25.1 Å². The lowest BCUT2D eigenvalue weighted by molar-refractivity contribution is 0.0682. The van der Waals surface area contributed by atoms with E-state index in [-0.39, 0.29) is 74.3 Å². The Morgan fingerprint density at radius 3 is 0.939 bits per heavy atom. The highest BCUT2D eigenvalue weighted by molar-refractivity contribution is 9.69. The summed E-state index contributed by atoms with van der Waals surface area (Å²) >= 11 is 58.9. The van der Waals surface area contributed by atoms with Crippen LogP contribution in [0.5, 0.6) is 29.4 Å². The maximum absolute atomic E-state index is 10.5. The van der Waals surface area contributed by atoms with Crippen molar-refractivity contribution in [2.75, 3.05) is 35.5 Å². The molecule has 0 aliphatic carbocycles. The van der Waals surface area contributed by atoms with E-state index in [0.29, 0.717) is 70.2 Å². The number of carboxylic acid groups (broad SMARTS) is 3. The van der Waals surface area contributed by atoms with Gasteiger partial charge in [0.25, 0.3) is 0 Å². The molecule has 438 valence electrons. The average Bonchev–Trinajstić information content (AvgIpc) is 3.46. The van der Waals surface area contributed by atoms with Crippen LogP contribution in [0.25, 0.3) is 0 Å². The minimum absolute atomic E-state index is 0. The summed E-state index contributed by atoms with van der Waals surface area (Å²) in [6, 6.07) is 20.6. The van der Waals surface area contributed by atoms with Crippen molar-refractivity contribution in [2.24, 2.45) is 0 Å². The molecule has 0 unspecified atom stereocenters. The van der Waals surface area contributed by atoms with Crippen LogP contribution >= 0.6 is 152 Å². The van der Waals surface area contributed by atoms with Crippen LogP contribution in [0.3, 0.4) is 0 Å². The molecule has 0 fully saturated rings. The maximum atomic E-state index is 10.5. The van der Waals surface area contributed by atoms with Gasteiger partial charge in [-0.25, -0.2) is 49.3 Å². The predicted octanol–water partition coefficient (Wildman–Crippen LogP) is 14.2. The van der Waals surface area contributed by atoms with Gasteiger partial charge in [-0.3, -0.25) is 19.2 Å². The summed E-state index contributed by atoms with van der Waals surface area (Å²) in [4.78, 5) is 98.2. The molecule has 7 heterocycles. The zero-order valence-corrected chi connectivity index (χ0v) is 53.4. The molecule has 0 spiro atoms. The second-order valence-electron chi connectivity index (χ2n) is 13.2. The molecule has 35 heteroatoms. The van der Waals surface area contributed by atoms with Gasteiger partial charge in [-0.2, -0.15) is 0 Å².